The van der Waals surface area contributed by atoms with Crippen LogP contribution in [-0.4, -0.2) is 28.8 Å². The van der Waals surface area contributed by atoms with E-state index in [1.54, 1.807) is 14.2 Å². The molecule has 0 aliphatic heterocycles. The molecule has 68 valence electrons. The molecule has 0 heterocycles. The Morgan fingerprint density at radius 2 is 1.82 bits per heavy atom. The van der Waals surface area contributed by atoms with Crippen LogP contribution in [0, 0.1) is 0 Å². The van der Waals surface area contributed by atoms with E-state index in [4.69, 9.17) is 13.3 Å². The molecule has 0 aliphatic carbocycles. The van der Waals surface area contributed by atoms with Crippen LogP contribution in [0.4, 0.5) is 0 Å². The zero-order valence-corrected chi connectivity index (χ0v) is 9.19. The van der Waals surface area contributed by atoms with Gasteiger partial charge in [-0.05, 0) is 6.42 Å². The molecule has 0 radical (unpaired) electrons. The highest BCUT2D eigenvalue weighted by Crippen LogP contribution is 2.11. The van der Waals surface area contributed by atoms with Gasteiger partial charge in [-0.25, -0.2) is 0 Å². The van der Waals surface area contributed by atoms with E-state index in [2.05, 4.69) is 19.0 Å². The Kier molecular flexibility index (Phi) is 6.26. The van der Waals surface area contributed by atoms with Crippen molar-refractivity contribution >= 4 is 20.0 Å². The van der Waals surface area contributed by atoms with Gasteiger partial charge in [0.25, 0.3) is 0 Å². The molecule has 0 aromatic carbocycles. The Balaban J connectivity index is 3.51. The fourth-order valence-corrected chi connectivity index (χ4v) is 1.63. The summed E-state index contributed by atoms with van der Waals surface area (Å²) in [5.41, 5.74) is 0. The average Bonchev–Trinajstić information content (AvgIpc) is 2.05. The number of hydrogen-bond acceptors (Lipinski definition) is 4. The Bertz CT molecular complexity index is 97.8. The summed E-state index contributed by atoms with van der Waals surface area (Å²) in [5.74, 6) is 0. The van der Waals surface area contributed by atoms with Crippen LogP contribution in [0.2, 0.25) is 0 Å². The van der Waals surface area contributed by atoms with Crippen molar-refractivity contribution in [3.8, 4) is 0 Å². The van der Waals surface area contributed by atoms with Crippen molar-refractivity contribution in [2.45, 2.75) is 19.8 Å². The molecule has 0 aromatic rings. The second-order valence-electron chi connectivity index (χ2n) is 2.13. The van der Waals surface area contributed by atoms with Gasteiger partial charge < -0.3 is 13.3 Å². The fraction of sp³-hybridized carbons (Fsp3) is 1.00. The molecule has 11 heavy (non-hydrogen) atoms. The highest BCUT2D eigenvalue weighted by atomic mass is 32.3. The van der Waals surface area contributed by atoms with Crippen molar-refractivity contribution in [3.05, 3.63) is 0 Å². The molecule has 0 rings (SSSR count). The predicted molar refractivity (Wildman–Crippen MR) is 49.6 cm³/mol. The minimum absolute atomic E-state index is 0.661. The van der Waals surface area contributed by atoms with Gasteiger partial charge in [0.2, 0.25) is 0 Å². The third kappa shape index (κ3) is 4.81. The van der Waals surface area contributed by atoms with Gasteiger partial charge in [0.05, 0.1) is 0 Å². The monoisotopic (exact) mass is 196 g/mol. The summed E-state index contributed by atoms with van der Waals surface area (Å²) < 4.78 is 15.3. The first-order valence-electron chi connectivity index (χ1n) is 3.65. The van der Waals surface area contributed by atoms with Crippen molar-refractivity contribution in [1.82, 2.24) is 0 Å². The van der Waals surface area contributed by atoms with Crippen molar-refractivity contribution < 1.29 is 13.3 Å². The van der Waals surface area contributed by atoms with Crippen molar-refractivity contribution in [1.29, 1.82) is 0 Å². The Hall–Kier alpha value is 0.447. The van der Waals surface area contributed by atoms with Crippen LogP contribution in [0.25, 0.3) is 0 Å². The molecule has 0 saturated heterocycles. The van der Waals surface area contributed by atoms with Crippen LogP contribution in [0.1, 0.15) is 19.8 Å². The molecule has 0 fully saturated rings. The standard InChI is InChI=1S/C6H16O3SSi/c1-4-5-6-9-11(10,7-2)8-3/h10H,4-6H2,1-3H3. The SMILES string of the molecule is CCCCO[Si](S)(OC)OC. The minimum atomic E-state index is -2.54. The molecular weight excluding hydrogens is 180 g/mol. The predicted octanol–water partition coefficient (Wildman–Crippen LogP) is 1.46. The Morgan fingerprint density at radius 3 is 2.18 bits per heavy atom. The van der Waals surface area contributed by atoms with Gasteiger partial charge in [-0.1, -0.05) is 13.3 Å². The maximum atomic E-state index is 5.33. The summed E-state index contributed by atoms with van der Waals surface area (Å²) in [4.78, 5) is 0. The van der Waals surface area contributed by atoms with E-state index in [1.807, 2.05) is 0 Å². The molecule has 0 bridgehead atoms. The molecule has 0 amide bonds. The summed E-state index contributed by atoms with van der Waals surface area (Å²) in [6, 6.07) is 0. The molecule has 0 aliphatic rings. The van der Waals surface area contributed by atoms with Crippen molar-refractivity contribution in [2.75, 3.05) is 20.8 Å². The van der Waals surface area contributed by atoms with E-state index < -0.39 is 7.95 Å². The number of unbranched alkanes of at least 4 members (excludes halogenated alkanes) is 1. The minimum Gasteiger partial charge on any atom is -0.369 e. The summed E-state index contributed by atoms with van der Waals surface area (Å²) >= 11 is 4.16. The highest BCUT2D eigenvalue weighted by Gasteiger charge is 2.33. The molecule has 0 saturated carbocycles. The fourth-order valence-electron chi connectivity index (χ4n) is 0.547. The molecule has 0 spiro atoms. The third-order valence-electron chi connectivity index (χ3n) is 1.30. The second-order valence-corrected chi connectivity index (χ2v) is 5.93. The lowest BCUT2D eigenvalue weighted by molar-refractivity contribution is 0.124. The zero-order valence-electron chi connectivity index (χ0n) is 7.29. The number of hydrogen-bond donors (Lipinski definition) is 1. The lowest BCUT2D eigenvalue weighted by Crippen LogP contribution is -2.38. The molecule has 0 N–H and O–H groups in total. The summed E-state index contributed by atoms with van der Waals surface area (Å²) in [6.07, 6.45) is 2.12. The zero-order chi connectivity index (χ0) is 8.74. The second kappa shape index (κ2) is 6.02. The average molecular weight is 196 g/mol. The van der Waals surface area contributed by atoms with Gasteiger partial charge in [-0.2, -0.15) is 0 Å². The van der Waals surface area contributed by atoms with Crippen LogP contribution < -0.4 is 0 Å². The largest absolute Gasteiger partial charge is 0.569 e. The summed E-state index contributed by atoms with van der Waals surface area (Å²) in [5, 5.41) is 0. The van der Waals surface area contributed by atoms with Crippen molar-refractivity contribution in [3.63, 3.8) is 0 Å². The van der Waals surface area contributed by atoms with Gasteiger partial charge in [-0.3, -0.25) is 0 Å². The maximum Gasteiger partial charge on any atom is 0.569 e. The summed E-state index contributed by atoms with van der Waals surface area (Å²) in [6.45, 7) is 2.76. The van der Waals surface area contributed by atoms with Gasteiger partial charge in [0, 0.05) is 20.8 Å². The van der Waals surface area contributed by atoms with E-state index in [-0.39, 0.29) is 0 Å². The van der Waals surface area contributed by atoms with Gasteiger partial charge in [-0.15, -0.1) is 12.1 Å². The normalized spacial score (nSPS) is 12.0. The van der Waals surface area contributed by atoms with E-state index in [9.17, 15) is 0 Å². The lowest BCUT2D eigenvalue weighted by Gasteiger charge is -2.19. The number of rotatable bonds is 6. The van der Waals surface area contributed by atoms with Crippen LogP contribution in [0.15, 0.2) is 0 Å². The van der Waals surface area contributed by atoms with Gasteiger partial charge >= 0.3 is 7.95 Å². The summed E-state index contributed by atoms with van der Waals surface area (Å²) in [7, 11) is 0.560. The Morgan fingerprint density at radius 1 is 1.27 bits per heavy atom. The first-order chi connectivity index (χ1) is 5.18. The molecular formula is C6H16O3SSi. The molecule has 0 aromatic heterocycles. The van der Waals surface area contributed by atoms with E-state index in [0.717, 1.165) is 12.8 Å². The molecule has 3 nitrogen and oxygen atoms in total. The smallest absolute Gasteiger partial charge is 0.369 e. The van der Waals surface area contributed by atoms with Gasteiger partial charge in [0.15, 0.2) is 0 Å². The van der Waals surface area contributed by atoms with Crippen LogP contribution in [0.3, 0.4) is 0 Å². The third-order valence-corrected chi connectivity index (χ3v) is 4.38. The first-order valence-corrected chi connectivity index (χ1v) is 6.66. The molecule has 0 unspecified atom stereocenters. The van der Waals surface area contributed by atoms with E-state index in [0.29, 0.717) is 6.61 Å². The first kappa shape index (κ1) is 11.4. The number of thiol groups is 1. The van der Waals surface area contributed by atoms with Crippen molar-refractivity contribution in [2.24, 2.45) is 0 Å². The van der Waals surface area contributed by atoms with Crippen LogP contribution in [0.5, 0.6) is 0 Å². The lowest BCUT2D eigenvalue weighted by atomic mass is 10.4. The molecule has 0 atom stereocenters. The molecule has 5 heteroatoms. The Labute approximate surface area is 74.5 Å². The van der Waals surface area contributed by atoms with Gasteiger partial charge in [0.1, 0.15) is 0 Å². The highest BCUT2D eigenvalue weighted by molar-refractivity contribution is 8.11. The van der Waals surface area contributed by atoms with Crippen LogP contribution >= 0.6 is 12.1 Å². The topological polar surface area (TPSA) is 27.7 Å². The maximum absolute atomic E-state index is 5.33. The van der Waals surface area contributed by atoms with E-state index >= 15 is 0 Å². The van der Waals surface area contributed by atoms with Crippen LogP contribution in [-0.2, 0) is 13.3 Å². The quantitative estimate of drug-likeness (QED) is 0.396. The van der Waals surface area contributed by atoms with E-state index in [1.165, 1.54) is 0 Å².